The Kier molecular flexibility index (Phi) is 5.29. The highest BCUT2D eigenvalue weighted by molar-refractivity contribution is 7.18. The molecular weight excluding hydrogens is 372 g/mol. The van der Waals surface area contributed by atoms with Gasteiger partial charge in [0, 0.05) is 23.7 Å². The van der Waals surface area contributed by atoms with Crippen molar-refractivity contribution in [3.8, 4) is 5.75 Å². The number of hydrogen-bond donors (Lipinski definition) is 1. The molecule has 6 nitrogen and oxygen atoms in total. The van der Waals surface area contributed by atoms with Gasteiger partial charge < -0.3 is 15.0 Å². The van der Waals surface area contributed by atoms with Gasteiger partial charge in [0.25, 0.3) is 0 Å². The molecule has 136 valence electrons. The van der Waals surface area contributed by atoms with E-state index >= 15 is 0 Å². The van der Waals surface area contributed by atoms with E-state index in [9.17, 15) is 4.79 Å². The molecule has 0 aliphatic heterocycles. The van der Waals surface area contributed by atoms with Crippen LogP contribution in [0.1, 0.15) is 10.4 Å². The molecule has 8 heteroatoms. The van der Waals surface area contributed by atoms with E-state index in [4.69, 9.17) is 16.3 Å². The summed E-state index contributed by atoms with van der Waals surface area (Å²) in [6, 6.07) is 7.23. The standard InChI is InChI=1S/C18H19ClN4O2S/c1-10-11(2)26-17-15(10)16(21-18(19)22-17)23(3)9-14(24)20-12-6-5-7-13(8-12)25-4/h5-8H,9H2,1-4H3,(H,20,24). The first kappa shape index (κ1) is 18.4. The number of methoxy groups -OCH3 is 1. The lowest BCUT2D eigenvalue weighted by molar-refractivity contribution is -0.114. The molecule has 3 rings (SSSR count). The van der Waals surface area contributed by atoms with Crippen molar-refractivity contribution in [3.63, 3.8) is 0 Å². The van der Waals surface area contributed by atoms with Crippen LogP contribution in [0.3, 0.4) is 0 Å². The molecule has 1 aromatic carbocycles. The zero-order valence-corrected chi connectivity index (χ0v) is 16.5. The van der Waals surface area contributed by atoms with Crippen LogP contribution >= 0.6 is 22.9 Å². The van der Waals surface area contributed by atoms with E-state index in [0.29, 0.717) is 17.3 Å². The second-order valence-corrected chi connectivity index (χ2v) is 7.46. The van der Waals surface area contributed by atoms with Gasteiger partial charge in [0.2, 0.25) is 11.2 Å². The van der Waals surface area contributed by atoms with Crippen LogP contribution in [0.25, 0.3) is 10.2 Å². The third-order valence-electron chi connectivity index (χ3n) is 4.08. The molecule has 2 heterocycles. The summed E-state index contributed by atoms with van der Waals surface area (Å²) < 4.78 is 5.17. The van der Waals surface area contributed by atoms with E-state index in [1.165, 1.54) is 0 Å². The van der Waals surface area contributed by atoms with Gasteiger partial charge in [-0.1, -0.05) is 6.07 Å². The maximum atomic E-state index is 12.4. The number of benzene rings is 1. The minimum absolute atomic E-state index is 0.133. The van der Waals surface area contributed by atoms with Gasteiger partial charge in [-0.05, 0) is 43.1 Å². The molecule has 26 heavy (non-hydrogen) atoms. The largest absolute Gasteiger partial charge is 0.497 e. The van der Waals surface area contributed by atoms with E-state index < -0.39 is 0 Å². The Balaban J connectivity index is 1.82. The molecule has 0 saturated heterocycles. The maximum Gasteiger partial charge on any atom is 0.243 e. The fourth-order valence-electron chi connectivity index (χ4n) is 2.67. The maximum absolute atomic E-state index is 12.4. The van der Waals surface area contributed by atoms with Crippen molar-refractivity contribution in [3.05, 3.63) is 40.0 Å². The Bertz CT molecular complexity index is 973. The molecule has 2 aromatic heterocycles. The lowest BCUT2D eigenvalue weighted by atomic mass is 10.2. The predicted molar refractivity (Wildman–Crippen MR) is 107 cm³/mol. The number of nitrogens with zero attached hydrogens (tertiary/aromatic N) is 3. The molecule has 0 unspecified atom stereocenters. The summed E-state index contributed by atoms with van der Waals surface area (Å²) in [5.74, 6) is 1.18. The average Bonchev–Trinajstić information content (AvgIpc) is 2.88. The number of halogens is 1. The van der Waals surface area contributed by atoms with Gasteiger partial charge in [-0.2, -0.15) is 4.98 Å². The minimum atomic E-state index is -0.159. The van der Waals surface area contributed by atoms with Gasteiger partial charge in [-0.25, -0.2) is 4.98 Å². The first-order chi connectivity index (χ1) is 12.4. The van der Waals surface area contributed by atoms with Crippen molar-refractivity contribution in [1.82, 2.24) is 9.97 Å². The molecule has 0 bridgehead atoms. The fraction of sp³-hybridized carbons (Fsp3) is 0.278. The molecule has 1 amide bonds. The number of hydrogen-bond acceptors (Lipinski definition) is 6. The van der Waals surface area contributed by atoms with Gasteiger partial charge in [0.05, 0.1) is 19.0 Å². The molecule has 0 saturated carbocycles. The van der Waals surface area contributed by atoms with E-state index in [0.717, 1.165) is 20.7 Å². The van der Waals surface area contributed by atoms with Crippen LogP contribution in [0.2, 0.25) is 5.28 Å². The molecule has 0 spiro atoms. The minimum Gasteiger partial charge on any atom is -0.497 e. The highest BCUT2D eigenvalue weighted by Gasteiger charge is 2.18. The number of carbonyl (C=O) groups is 1. The third kappa shape index (κ3) is 3.73. The van der Waals surface area contributed by atoms with Gasteiger partial charge in [0.15, 0.2) is 0 Å². The van der Waals surface area contributed by atoms with Crippen molar-refractivity contribution < 1.29 is 9.53 Å². The van der Waals surface area contributed by atoms with Crippen LogP contribution in [0.5, 0.6) is 5.75 Å². The normalized spacial score (nSPS) is 10.8. The lowest BCUT2D eigenvalue weighted by Crippen LogP contribution is -2.30. The summed E-state index contributed by atoms with van der Waals surface area (Å²) in [5.41, 5.74) is 1.79. The number of thiophene rings is 1. The van der Waals surface area contributed by atoms with Crippen molar-refractivity contribution in [2.24, 2.45) is 0 Å². The van der Waals surface area contributed by atoms with Crippen molar-refractivity contribution in [1.29, 1.82) is 0 Å². The van der Waals surface area contributed by atoms with Gasteiger partial charge in [0.1, 0.15) is 16.4 Å². The zero-order valence-electron chi connectivity index (χ0n) is 15.0. The first-order valence-corrected chi connectivity index (χ1v) is 9.16. The molecule has 0 radical (unpaired) electrons. The van der Waals surface area contributed by atoms with E-state index in [1.54, 1.807) is 29.4 Å². The molecule has 0 fully saturated rings. The van der Waals surface area contributed by atoms with Gasteiger partial charge >= 0.3 is 0 Å². The summed E-state index contributed by atoms with van der Waals surface area (Å²) in [6.45, 7) is 4.20. The number of amides is 1. The monoisotopic (exact) mass is 390 g/mol. The second-order valence-electron chi connectivity index (χ2n) is 5.92. The molecular formula is C18H19ClN4O2S. The lowest BCUT2D eigenvalue weighted by Gasteiger charge is -2.19. The number of nitrogens with one attached hydrogen (secondary N) is 1. The third-order valence-corrected chi connectivity index (χ3v) is 5.35. The van der Waals surface area contributed by atoms with E-state index in [-0.39, 0.29) is 17.7 Å². The van der Waals surface area contributed by atoms with Gasteiger partial charge in [-0.3, -0.25) is 4.79 Å². The van der Waals surface area contributed by atoms with Gasteiger partial charge in [-0.15, -0.1) is 11.3 Å². The van der Waals surface area contributed by atoms with Crippen LogP contribution in [-0.4, -0.2) is 36.6 Å². The van der Waals surface area contributed by atoms with Crippen LogP contribution in [-0.2, 0) is 4.79 Å². The molecule has 0 aliphatic carbocycles. The summed E-state index contributed by atoms with van der Waals surface area (Å²) in [6.07, 6.45) is 0. The molecule has 0 aliphatic rings. The van der Waals surface area contributed by atoms with Crippen molar-refractivity contribution >= 4 is 50.6 Å². The van der Waals surface area contributed by atoms with Crippen molar-refractivity contribution in [2.45, 2.75) is 13.8 Å². The highest BCUT2D eigenvalue weighted by atomic mass is 35.5. The second kappa shape index (κ2) is 7.47. The van der Waals surface area contributed by atoms with Crippen LogP contribution in [0, 0.1) is 13.8 Å². The Hall–Kier alpha value is -2.38. The number of carbonyl (C=O) groups excluding carboxylic acids is 1. The van der Waals surface area contributed by atoms with Crippen LogP contribution < -0.4 is 15.0 Å². The SMILES string of the molecule is COc1cccc(NC(=O)CN(C)c2nc(Cl)nc3sc(C)c(C)c23)c1. The zero-order chi connectivity index (χ0) is 18.8. The Labute approximate surface area is 160 Å². The smallest absolute Gasteiger partial charge is 0.243 e. The Morgan fingerprint density at radius 2 is 2.12 bits per heavy atom. The van der Waals surface area contributed by atoms with Crippen LogP contribution in [0.4, 0.5) is 11.5 Å². The Morgan fingerprint density at radius 3 is 2.85 bits per heavy atom. The summed E-state index contributed by atoms with van der Waals surface area (Å²) >= 11 is 7.65. The molecule has 3 aromatic rings. The number of aromatic nitrogens is 2. The number of likely N-dealkylation sites (N-methyl/N-ethyl adjacent to an activating group) is 1. The number of fused-ring (bicyclic) bond motifs is 1. The average molecular weight is 391 g/mol. The van der Waals surface area contributed by atoms with E-state index in [1.807, 2.05) is 39.1 Å². The molecule has 1 N–H and O–H groups in total. The molecule has 0 atom stereocenters. The van der Waals surface area contributed by atoms with E-state index in [2.05, 4.69) is 15.3 Å². The van der Waals surface area contributed by atoms with Crippen molar-refractivity contribution in [2.75, 3.05) is 30.9 Å². The fourth-order valence-corrected chi connectivity index (χ4v) is 3.91. The summed E-state index contributed by atoms with van der Waals surface area (Å²) in [4.78, 5) is 24.9. The highest BCUT2D eigenvalue weighted by Crippen LogP contribution is 2.35. The van der Waals surface area contributed by atoms with Crippen LogP contribution in [0.15, 0.2) is 24.3 Å². The number of aryl methyl sites for hydroxylation is 2. The first-order valence-electron chi connectivity index (χ1n) is 7.97. The number of ether oxygens (including phenoxy) is 1. The topological polar surface area (TPSA) is 67.3 Å². The number of rotatable bonds is 5. The quantitative estimate of drug-likeness (QED) is 0.666. The predicted octanol–water partition coefficient (Wildman–Crippen LogP) is 4.05. The Morgan fingerprint density at radius 1 is 1.35 bits per heavy atom. The summed E-state index contributed by atoms with van der Waals surface area (Å²) in [5, 5.41) is 3.98. The number of anilines is 2. The summed E-state index contributed by atoms with van der Waals surface area (Å²) in [7, 11) is 3.40.